The van der Waals surface area contributed by atoms with Crippen molar-refractivity contribution in [1.82, 2.24) is 20.5 Å². The topological polar surface area (TPSA) is 121 Å². The van der Waals surface area contributed by atoms with Crippen molar-refractivity contribution in [3.05, 3.63) is 88.4 Å². The van der Waals surface area contributed by atoms with Crippen LogP contribution >= 0.6 is 11.3 Å². The minimum Gasteiger partial charge on any atom is -0.444 e. The monoisotopic (exact) mass is 550 g/mol. The molecule has 1 aliphatic rings. The Hall–Kier alpha value is -3.76. The van der Waals surface area contributed by atoms with Crippen molar-refractivity contribution in [2.75, 3.05) is 0 Å². The number of urea groups is 1. The van der Waals surface area contributed by atoms with E-state index in [1.54, 1.807) is 11.7 Å². The molecule has 2 aromatic carbocycles. The molecule has 10 heteroatoms. The van der Waals surface area contributed by atoms with Crippen LogP contribution in [-0.2, 0) is 29.0 Å². The molecule has 1 aliphatic heterocycles. The first-order valence-corrected chi connectivity index (χ1v) is 13.9. The van der Waals surface area contributed by atoms with Crippen molar-refractivity contribution in [1.29, 1.82) is 0 Å². The number of alkyl carbamates (subject to hydrolysis) is 1. The number of hydrogen-bond acceptors (Lipinski definition) is 7. The molecule has 0 bridgehead atoms. The van der Waals surface area contributed by atoms with Crippen molar-refractivity contribution in [2.45, 2.75) is 63.9 Å². The highest BCUT2D eigenvalue weighted by Gasteiger charge is 2.44. The van der Waals surface area contributed by atoms with E-state index in [-0.39, 0.29) is 24.9 Å². The number of carbonyl (C=O) groups excluding carboxylic acids is 3. The van der Waals surface area contributed by atoms with Gasteiger partial charge in [-0.3, -0.25) is 14.7 Å². The fourth-order valence-corrected chi connectivity index (χ4v) is 5.22. The summed E-state index contributed by atoms with van der Waals surface area (Å²) in [4.78, 5) is 45.0. The maximum absolute atomic E-state index is 13.3. The average molecular weight is 551 g/mol. The highest BCUT2D eigenvalue weighted by molar-refractivity contribution is 7.09. The molecule has 0 unspecified atom stereocenters. The minimum absolute atomic E-state index is 0.0698. The number of ether oxygens (including phenoxy) is 1. The van der Waals surface area contributed by atoms with Crippen LogP contribution in [-0.4, -0.2) is 57.3 Å². The predicted molar refractivity (Wildman–Crippen MR) is 148 cm³/mol. The Bertz CT molecular complexity index is 1220. The van der Waals surface area contributed by atoms with E-state index in [1.165, 1.54) is 16.2 Å². The number of aliphatic hydroxyl groups is 1. The number of rotatable bonds is 12. The molecule has 3 aromatic rings. The van der Waals surface area contributed by atoms with Crippen LogP contribution < -0.4 is 10.6 Å². The molecule has 1 aromatic heterocycles. The Labute approximate surface area is 232 Å². The molecule has 1 saturated heterocycles. The molecule has 206 valence electrons. The van der Waals surface area contributed by atoms with Crippen LogP contribution in [0.4, 0.5) is 9.59 Å². The molecule has 4 rings (SSSR count). The van der Waals surface area contributed by atoms with Gasteiger partial charge >= 0.3 is 12.1 Å². The van der Waals surface area contributed by atoms with E-state index in [0.717, 1.165) is 16.0 Å². The number of nitrogens with zero attached hydrogens (tertiary/aromatic N) is 2. The number of aromatic nitrogens is 1. The summed E-state index contributed by atoms with van der Waals surface area (Å²) in [6.45, 7) is 3.83. The van der Waals surface area contributed by atoms with Gasteiger partial charge in [0, 0.05) is 12.2 Å². The van der Waals surface area contributed by atoms with Crippen molar-refractivity contribution in [3.63, 3.8) is 0 Å². The maximum atomic E-state index is 13.3. The smallest absolute Gasteiger partial charge is 0.407 e. The molecule has 0 aliphatic carbocycles. The highest BCUT2D eigenvalue weighted by atomic mass is 32.1. The van der Waals surface area contributed by atoms with E-state index in [0.29, 0.717) is 12.8 Å². The number of nitrogens with one attached hydrogen (secondary N) is 2. The van der Waals surface area contributed by atoms with Gasteiger partial charge in [-0.25, -0.2) is 9.59 Å². The van der Waals surface area contributed by atoms with Gasteiger partial charge in [-0.15, -0.1) is 11.3 Å². The molecule has 3 N–H and O–H groups in total. The van der Waals surface area contributed by atoms with E-state index in [9.17, 15) is 19.5 Å². The van der Waals surface area contributed by atoms with Gasteiger partial charge in [-0.1, -0.05) is 74.5 Å². The zero-order chi connectivity index (χ0) is 27.8. The standard InChI is InChI=1S/C29H34N4O5S/c1-19(2)26-27(35)33(28(36)32-26)22(13-20-9-5-3-6-10-20)15-25(34)24(14-21-11-7-4-8-12-21)31-29(37)38-17-23-16-30-18-39-23/h3-12,16,18-19,22,24-26,34H,13-15,17H2,1-2H3,(H,31,37)(H,32,36)/t22-,24-,25-,26-/m0/s1. The maximum Gasteiger partial charge on any atom is 0.407 e. The number of amides is 4. The predicted octanol–water partition coefficient (Wildman–Crippen LogP) is 3.92. The van der Waals surface area contributed by atoms with E-state index in [4.69, 9.17) is 4.74 Å². The molecule has 4 amide bonds. The van der Waals surface area contributed by atoms with Gasteiger partial charge in [0.05, 0.1) is 22.5 Å². The summed E-state index contributed by atoms with van der Waals surface area (Å²) < 4.78 is 5.36. The van der Waals surface area contributed by atoms with Gasteiger partial charge in [0.15, 0.2) is 0 Å². The molecule has 0 radical (unpaired) electrons. The summed E-state index contributed by atoms with van der Waals surface area (Å²) in [5.41, 5.74) is 3.50. The molecule has 9 nitrogen and oxygen atoms in total. The number of thiazole rings is 1. The first-order valence-electron chi connectivity index (χ1n) is 13.0. The first-order chi connectivity index (χ1) is 18.8. The second-order valence-electron chi connectivity index (χ2n) is 10.0. The summed E-state index contributed by atoms with van der Waals surface area (Å²) >= 11 is 1.38. The van der Waals surface area contributed by atoms with Crippen LogP contribution in [0.15, 0.2) is 72.4 Å². The minimum atomic E-state index is -1.08. The van der Waals surface area contributed by atoms with Gasteiger partial charge in [-0.05, 0) is 36.3 Å². The third-order valence-corrected chi connectivity index (χ3v) is 7.51. The molecular weight excluding hydrogens is 516 g/mol. The lowest BCUT2D eigenvalue weighted by Crippen LogP contribution is -2.50. The quantitative estimate of drug-likeness (QED) is 0.294. The van der Waals surface area contributed by atoms with Gasteiger partial charge in [-0.2, -0.15) is 0 Å². The molecular formula is C29H34N4O5S. The van der Waals surface area contributed by atoms with E-state index < -0.39 is 36.4 Å². The number of hydrogen-bond donors (Lipinski definition) is 3. The van der Waals surface area contributed by atoms with Crippen LogP contribution in [0.2, 0.25) is 0 Å². The Kier molecular flexibility index (Phi) is 9.67. The van der Waals surface area contributed by atoms with Gasteiger partial charge in [0.2, 0.25) is 0 Å². The van der Waals surface area contributed by atoms with Crippen LogP contribution in [0.3, 0.4) is 0 Å². The fraction of sp³-hybridized carbons (Fsp3) is 0.379. The summed E-state index contributed by atoms with van der Waals surface area (Å²) in [6, 6.07) is 16.6. The summed E-state index contributed by atoms with van der Waals surface area (Å²) in [5, 5.41) is 17.1. The Balaban J connectivity index is 1.54. The molecule has 4 atom stereocenters. The summed E-state index contributed by atoms with van der Waals surface area (Å²) in [6.07, 6.45) is 0.669. The van der Waals surface area contributed by atoms with Crippen molar-refractivity contribution in [3.8, 4) is 0 Å². The van der Waals surface area contributed by atoms with Gasteiger partial charge < -0.3 is 20.5 Å². The number of benzene rings is 2. The second-order valence-corrected chi connectivity index (χ2v) is 11.0. The van der Waals surface area contributed by atoms with Crippen molar-refractivity contribution < 1.29 is 24.2 Å². The molecule has 1 fully saturated rings. The first kappa shape index (κ1) is 28.3. The van der Waals surface area contributed by atoms with E-state index >= 15 is 0 Å². The lowest BCUT2D eigenvalue weighted by atomic mass is 9.92. The Morgan fingerprint density at radius 2 is 1.72 bits per heavy atom. The largest absolute Gasteiger partial charge is 0.444 e. The van der Waals surface area contributed by atoms with Crippen LogP contribution in [0.1, 0.15) is 36.3 Å². The Morgan fingerprint density at radius 3 is 2.28 bits per heavy atom. The second kappa shape index (κ2) is 13.3. The molecule has 0 saturated carbocycles. The van der Waals surface area contributed by atoms with Crippen molar-refractivity contribution >= 4 is 29.4 Å². The number of imide groups is 1. The fourth-order valence-electron chi connectivity index (χ4n) is 4.72. The summed E-state index contributed by atoms with van der Waals surface area (Å²) in [7, 11) is 0. The lowest BCUT2D eigenvalue weighted by Gasteiger charge is -2.31. The van der Waals surface area contributed by atoms with Crippen LogP contribution in [0, 0.1) is 5.92 Å². The van der Waals surface area contributed by atoms with E-state index in [2.05, 4.69) is 15.6 Å². The Morgan fingerprint density at radius 1 is 1.08 bits per heavy atom. The third-order valence-electron chi connectivity index (χ3n) is 6.76. The molecule has 2 heterocycles. The SMILES string of the molecule is CC(C)[C@@H]1NC(=O)N([C@@H](Cc2ccccc2)C[C@H](O)[C@H](Cc2ccccc2)NC(=O)OCc2cncs2)C1=O. The molecule has 39 heavy (non-hydrogen) atoms. The van der Waals surface area contributed by atoms with Crippen LogP contribution in [0.5, 0.6) is 0 Å². The molecule has 0 spiro atoms. The third kappa shape index (κ3) is 7.64. The van der Waals surface area contributed by atoms with E-state index in [1.807, 2.05) is 74.5 Å². The zero-order valence-electron chi connectivity index (χ0n) is 22.0. The van der Waals surface area contributed by atoms with Crippen LogP contribution in [0.25, 0.3) is 0 Å². The number of aliphatic hydroxyl groups excluding tert-OH is 1. The normalized spacial score (nSPS) is 17.5. The van der Waals surface area contributed by atoms with Crippen molar-refractivity contribution in [2.24, 2.45) is 5.92 Å². The summed E-state index contributed by atoms with van der Waals surface area (Å²) in [5.74, 6) is -0.380. The van der Waals surface area contributed by atoms with Gasteiger partial charge in [0.1, 0.15) is 12.6 Å². The zero-order valence-corrected chi connectivity index (χ0v) is 22.8. The van der Waals surface area contributed by atoms with Gasteiger partial charge in [0.25, 0.3) is 5.91 Å². The highest BCUT2D eigenvalue weighted by Crippen LogP contribution is 2.23. The lowest BCUT2D eigenvalue weighted by molar-refractivity contribution is -0.130. The number of carbonyl (C=O) groups is 3. The average Bonchev–Trinajstić information content (AvgIpc) is 3.55.